The highest BCUT2D eigenvalue weighted by Crippen LogP contribution is 2.37. The number of aromatic nitrogens is 3. The number of benzene rings is 1. The van der Waals surface area contributed by atoms with Crippen molar-refractivity contribution in [1.29, 1.82) is 0 Å². The third-order valence-corrected chi connectivity index (χ3v) is 5.03. The molecule has 0 atom stereocenters. The minimum absolute atomic E-state index is 0.175. The number of pyridine rings is 1. The first-order valence-electron chi connectivity index (χ1n) is 10.1. The summed E-state index contributed by atoms with van der Waals surface area (Å²) in [6, 6.07) is 8.56. The number of fused-ring (bicyclic) bond motifs is 1. The van der Waals surface area contributed by atoms with Gasteiger partial charge in [-0.2, -0.15) is 5.10 Å². The van der Waals surface area contributed by atoms with Gasteiger partial charge in [0.05, 0.1) is 25.9 Å². The molecule has 3 heterocycles. The molecule has 7 nitrogen and oxygen atoms in total. The van der Waals surface area contributed by atoms with Crippen LogP contribution in [-0.4, -0.2) is 45.0 Å². The molecule has 0 unspecified atom stereocenters. The van der Waals surface area contributed by atoms with E-state index in [4.69, 9.17) is 14.6 Å². The highest BCUT2D eigenvalue weighted by atomic mass is 19.1. The molecule has 0 aliphatic carbocycles. The number of halogens is 1. The average molecular weight is 424 g/mol. The normalized spacial score (nSPS) is 13.6. The Morgan fingerprint density at radius 3 is 2.48 bits per heavy atom. The van der Waals surface area contributed by atoms with E-state index in [-0.39, 0.29) is 11.8 Å². The maximum atomic E-state index is 14.4. The summed E-state index contributed by atoms with van der Waals surface area (Å²) >= 11 is 0. The van der Waals surface area contributed by atoms with Gasteiger partial charge in [-0.05, 0) is 56.7 Å². The number of rotatable bonds is 3. The van der Waals surface area contributed by atoms with E-state index in [1.54, 1.807) is 29.4 Å². The number of hydrogen-bond donors (Lipinski definition) is 0. The fourth-order valence-corrected chi connectivity index (χ4v) is 3.64. The first-order chi connectivity index (χ1) is 14.8. The van der Waals surface area contributed by atoms with Gasteiger partial charge in [0.15, 0.2) is 11.6 Å². The van der Waals surface area contributed by atoms with Gasteiger partial charge in [0.1, 0.15) is 11.3 Å². The van der Waals surface area contributed by atoms with Crippen LogP contribution in [0.2, 0.25) is 0 Å². The number of amides is 1. The van der Waals surface area contributed by atoms with E-state index < -0.39 is 11.4 Å². The number of ether oxygens (including phenoxy) is 2. The Balaban J connectivity index is 1.79. The van der Waals surface area contributed by atoms with E-state index in [0.29, 0.717) is 30.9 Å². The van der Waals surface area contributed by atoms with Gasteiger partial charge in [0, 0.05) is 30.1 Å². The van der Waals surface area contributed by atoms with Crippen LogP contribution in [0.25, 0.3) is 22.4 Å². The second-order valence-electron chi connectivity index (χ2n) is 8.38. The molecule has 0 radical (unpaired) electrons. The molecule has 31 heavy (non-hydrogen) atoms. The van der Waals surface area contributed by atoms with Crippen LogP contribution in [0.4, 0.5) is 9.18 Å². The smallest absolute Gasteiger partial charge is 0.410 e. The van der Waals surface area contributed by atoms with E-state index in [1.165, 1.54) is 13.2 Å². The largest absolute Gasteiger partial charge is 0.494 e. The molecule has 4 rings (SSSR count). The van der Waals surface area contributed by atoms with E-state index in [9.17, 15) is 9.18 Å². The molecule has 1 amide bonds. The van der Waals surface area contributed by atoms with Gasteiger partial charge in [-0.1, -0.05) is 0 Å². The summed E-state index contributed by atoms with van der Waals surface area (Å²) in [5.74, 6) is -0.281. The number of methoxy groups -OCH3 is 1. The van der Waals surface area contributed by atoms with E-state index >= 15 is 0 Å². The van der Waals surface area contributed by atoms with Gasteiger partial charge < -0.3 is 14.4 Å². The Labute approximate surface area is 180 Å². The van der Waals surface area contributed by atoms with Gasteiger partial charge >= 0.3 is 6.09 Å². The third-order valence-electron chi connectivity index (χ3n) is 5.03. The summed E-state index contributed by atoms with van der Waals surface area (Å²) in [6.45, 7) is 6.88. The van der Waals surface area contributed by atoms with Crippen molar-refractivity contribution in [3.8, 4) is 28.1 Å². The van der Waals surface area contributed by atoms with Gasteiger partial charge in [-0.3, -0.25) is 9.67 Å². The molecule has 0 fully saturated rings. The third kappa shape index (κ3) is 4.23. The predicted octanol–water partition coefficient (Wildman–Crippen LogP) is 4.51. The summed E-state index contributed by atoms with van der Waals surface area (Å²) in [5, 5.41) is 4.77. The molecule has 0 bridgehead atoms. The maximum Gasteiger partial charge on any atom is 0.410 e. The highest BCUT2D eigenvalue weighted by molar-refractivity contribution is 5.83. The number of carbonyl (C=O) groups excluding carboxylic acids is 1. The van der Waals surface area contributed by atoms with Crippen LogP contribution in [0.5, 0.6) is 5.75 Å². The lowest BCUT2D eigenvalue weighted by Crippen LogP contribution is -2.41. The Bertz CT molecular complexity index is 1110. The van der Waals surface area contributed by atoms with Crippen molar-refractivity contribution < 1.29 is 18.7 Å². The zero-order chi connectivity index (χ0) is 22.2. The van der Waals surface area contributed by atoms with Crippen LogP contribution >= 0.6 is 0 Å². The molecule has 162 valence electrons. The van der Waals surface area contributed by atoms with Crippen LogP contribution in [0.3, 0.4) is 0 Å². The molecule has 3 aromatic rings. The second kappa shape index (κ2) is 8.02. The molecule has 0 saturated heterocycles. The fraction of sp³-hybridized carbons (Fsp3) is 0.348. The van der Waals surface area contributed by atoms with Gasteiger partial charge in [0.2, 0.25) is 0 Å². The van der Waals surface area contributed by atoms with Crippen LogP contribution in [0, 0.1) is 5.82 Å². The topological polar surface area (TPSA) is 69.5 Å². The first-order valence-corrected chi connectivity index (χ1v) is 10.1. The van der Waals surface area contributed by atoms with Crippen molar-refractivity contribution in [2.45, 2.75) is 39.5 Å². The van der Waals surface area contributed by atoms with Gasteiger partial charge in [-0.25, -0.2) is 9.18 Å². The van der Waals surface area contributed by atoms with Crippen molar-refractivity contribution in [2.24, 2.45) is 0 Å². The fourth-order valence-electron chi connectivity index (χ4n) is 3.64. The van der Waals surface area contributed by atoms with Crippen LogP contribution in [-0.2, 0) is 17.8 Å². The molecule has 8 heteroatoms. The van der Waals surface area contributed by atoms with Crippen molar-refractivity contribution >= 4 is 6.09 Å². The first kappa shape index (κ1) is 20.8. The summed E-state index contributed by atoms with van der Waals surface area (Å²) < 4.78 is 26.9. The zero-order valence-corrected chi connectivity index (χ0v) is 18.1. The zero-order valence-electron chi connectivity index (χ0n) is 18.1. The molecule has 1 aliphatic rings. The molecule has 0 spiro atoms. The number of nitrogens with zero attached hydrogens (tertiary/aromatic N) is 4. The van der Waals surface area contributed by atoms with E-state index in [2.05, 4.69) is 4.98 Å². The molecule has 0 N–H and O–H groups in total. The Hall–Kier alpha value is -3.42. The average Bonchev–Trinajstić information content (AvgIpc) is 3.11. The van der Waals surface area contributed by atoms with Crippen molar-refractivity contribution in [1.82, 2.24) is 19.7 Å². The molecule has 1 aromatic carbocycles. The molecular formula is C23H25FN4O3. The minimum Gasteiger partial charge on any atom is -0.494 e. The summed E-state index contributed by atoms with van der Waals surface area (Å²) in [5.41, 5.74) is 3.32. The minimum atomic E-state index is -0.575. The van der Waals surface area contributed by atoms with Crippen molar-refractivity contribution in [3.63, 3.8) is 0 Å². The summed E-state index contributed by atoms with van der Waals surface area (Å²) in [7, 11) is 1.43. The quantitative estimate of drug-likeness (QED) is 0.619. The number of carbonyl (C=O) groups is 1. The standard InChI is InChI=1S/C23H25FN4O3/c1-23(2,3)31-22(29)27-11-12-28-18(14-27)20(15-7-9-25-10-8-15)21(26-28)16-5-6-19(30-4)17(24)13-16/h5-10,13H,11-12,14H2,1-4H3. The molecule has 0 saturated carbocycles. The summed E-state index contributed by atoms with van der Waals surface area (Å²) in [4.78, 5) is 18.4. The molecule has 2 aromatic heterocycles. The second-order valence-corrected chi connectivity index (χ2v) is 8.38. The predicted molar refractivity (Wildman–Crippen MR) is 114 cm³/mol. The number of hydrogen-bond acceptors (Lipinski definition) is 5. The Morgan fingerprint density at radius 2 is 1.84 bits per heavy atom. The van der Waals surface area contributed by atoms with Crippen molar-refractivity contribution in [3.05, 3.63) is 54.2 Å². The van der Waals surface area contributed by atoms with Crippen molar-refractivity contribution in [2.75, 3.05) is 13.7 Å². The Kier molecular flexibility index (Phi) is 5.39. The summed E-state index contributed by atoms with van der Waals surface area (Å²) in [6.07, 6.45) is 3.04. The van der Waals surface area contributed by atoms with Crippen LogP contribution in [0.1, 0.15) is 26.5 Å². The molecular weight excluding hydrogens is 399 g/mol. The molecule has 1 aliphatic heterocycles. The van der Waals surface area contributed by atoms with Gasteiger partial charge in [-0.15, -0.1) is 0 Å². The SMILES string of the molecule is COc1ccc(-c2nn3c(c2-c2ccncc2)CN(C(=O)OC(C)(C)C)CC3)cc1F. The lowest BCUT2D eigenvalue weighted by atomic mass is 9.99. The monoisotopic (exact) mass is 424 g/mol. The van der Waals surface area contributed by atoms with E-state index in [1.807, 2.05) is 37.6 Å². The lowest BCUT2D eigenvalue weighted by molar-refractivity contribution is 0.0195. The lowest BCUT2D eigenvalue weighted by Gasteiger charge is -2.30. The van der Waals surface area contributed by atoms with Gasteiger partial charge in [0.25, 0.3) is 0 Å². The highest BCUT2D eigenvalue weighted by Gasteiger charge is 2.30. The Morgan fingerprint density at radius 1 is 1.10 bits per heavy atom. The maximum absolute atomic E-state index is 14.4. The van der Waals surface area contributed by atoms with Crippen LogP contribution < -0.4 is 4.74 Å². The van der Waals surface area contributed by atoms with Crippen LogP contribution in [0.15, 0.2) is 42.7 Å². The van der Waals surface area contributed by atoms with E-state index in [0.717, 1.165) is 16.8 Å².